The third kappa shape index (κ3) is 4.33. The van der Waals surface area contributed by atoms with Gasteiger partial charge in [-0.1, -0.05) is 6.07 Å². The molecule has 10 nitrogen and oxygen atoms in total. The number of carboxylic acid groups (broad SMARTS) is 1. The summed E-state index contributed by atoms with van der Waals surface area (Å²) in [6.45, 7) is 5.03. The first-order valence-electron chi connectivity index (χ1n) is 8.90. The van der Waals surface area contributed by atoms with Crippen molar-refractivity contribution in [3.05, 3.63) is 67.5 Å². The van der Waals surface area contributed by atoms with E-state index in [1.165, 1.54) is 0 Å². The second-order valence-corrected chi connectivity index (χ2v) is 6.85. The fourth-order valence-electron chi connectivity index (χ4n) is 2.96. The molecule has 1 saturated heterocycles. The molecule has 5 N–H and O–H groups in total. The molecule has 0 unspecified atom stereocenters. The number of H-pyrrole nitrogens is 1. The Hall–Kier alpha value is -2.86. The van der Waals surface area contributed by atoms with Crippen molar-refractivity contribution in [1.29, 1.82) is 0 Å². The van der Waals surface area contributed by atoms with E-state index in [2.05, 4.69) is 4.74 Å². The number of aromatic nitrogens is 2. The normalized spacial score (nSPS) is 25.5. The first-order chi connectivity index (χ1) is 13.9. The van der Waals surface area contributed by atoms with Gasteiger partial charge in [0.15, 0.2) is 6.10 Å². The smallest absolute Gasteiger partial charge is 0.335 e. The molecule has 0 aliphatic carbocycles. The maximum Gasteiger partial charge on any atom is 0.335 e. The molecule has 11 heteroatoms. The van der Waals surface area contributed by atoms with Gasteiger partial charge in [-0.3, -0.25) is 9.78 Å². The van der Waals surface area contributed by atoms with Crippen molar-refractivity contribution < 1.29 is 34.3 Å². The standard InChI is InChI=1S/C10H12O2.C9H11FN2O6/c1-6-4-5-9(10(11)12)8(3)7(6)2;10-9(7(16)6(15)4(3-13)18-9)12-2-1-5(14)11-8(12)17/h4-5H,1-3H3,(H,11,12);1-2,4,6-7,13,15-16H,3H2,(H,11,14,17)/t;4-,6-,7-,9+/m.1/s1. The Morgan fingerprint density at radius 1 is 1.20 bits per heavy atom. The zero-order valence-corrected chi connectivity index (χ0v) is 16.5. The fourth-order valence-corrected chi connectivity index (χ4v) is 2.96. The largest absolute Gasteiger partial charge is 0.478 e. The van der Waals surface area contributed by atoms with Crippen LogP contribution in [0.2, 0.25) is 0 Å². The number of hydrogen-bond acceptors (Lipinski definition) is 7. The van der Waals surface area contributed by atoms with Gasteiger partial charge in [0.05, 0.1) is 12.2 Å². The van der Waals surface area contributed by atoms with Gasteiger partial charge in [-0.2, -0.15) is 4.39 Å². The molecule has 30 heavy (non-hydrogen) atoms. The number of nitrogens with one attached hydrogen (secondary N) is 1. The van der Waals surface area contributed by atoms with E-state index >= 15 is 0 Å². The predicted octanol–water partition coefficient (Wildman–Crippen LogP) is -0.461. The van der Waals surface area contributed by atoms with Crippen molar-refractivity contribution >= 4 is 5.97 Å². The van der Waals surface area contributed by atoms with Crippen LogP contribution in [0, 0.1) is 20.8 Å². The summed E-state index contributed by atoms with van der Waals surface area (Å²) in [5, 5.41) is 36.6. The van der Waals surface area contributed by atoms with Gasteiger partial charge in [0, 0.05) is 12.3 Å². The highest BCUT2D eigenvalue weighted by Crippen LogP contribution is 2.35. The van der Waals surface area contributed by atoms with E-state index < -0.39 is 48.1 Å². The number of carboxylic acids is 1. The van der Waals surface area contributed by atoms with Crippen LogP contribution >= 0.6 is 0 Å². The average Bonchev–Trinajstić information content (AvgIpc) is 2.90. The number of halogens is 1. The van der Waals surface area contributed by atoms with E-state index in [9.17, 15) is 29.0 Å². The van der Waals surface area contributed by atoms with E-state index in [0.717, 1.165) is 29.0 Å². The molecule has 1 aliphatic rings. The number of rotatable bonds is 3. The molecular weight excluding hydrogens is 403 g/mol. The van der Waals surface area contributed by atoms with Crippen LogP contribution in [0.4, 0.5) is 4.39 Å². The Kier molecular flexibility index (Phi) is 6.93. The molecule has 1 aliphatic heterocycles. The lowest BCUT2D eigenvalue weighted by Crippen LogP contribution is -2.48. The van der Waals surface area contributed by atoms with Crippen molar-refractivity contribution in [2.24, 2.45) is 0 Å². The van der Waals surface area contributed by atoms with Gasteiger partial charge in [0.2, 0.25) is 0 Å². The zero-order chi connectivity index (χ0) is 22.8. The lowest BCUT2D eigenvalue weighted by molar-refractivity contribution is -0.239. The molecule has 1 fully saturated rings. The number of nitrogens with zero attached hydrogens (tertiary/aromatic N) is 1. The molecule has 3 rings (SSSR count). The number of aryl methyl sites for hydroxylation is 1. The fraction of sp³-hybridized carbons (Fsp3) is 0.421. The average molecular weight is 426 g/mol. The Bertz CT molecular complexity index is 1050. The summed E-state index contributed by atoms with van der Waals surface area (Å²) in [6, 6.07) is 4.35. The second kappa shape index (κ2) is 8.88. The van der Waals surface area contributed by atoms with Crippen LogP contribution in [0.1, 0.15) is 27.0 Å². The van der Waals surface area contributed by atoms with Gasteiger partial charge in [0.25, 0.3) is 5.56 Å². The highest BCUT2D eigenvalue weighted by molar-refractivity contribution is 5.89. The topological polar surface area (TPSA) is 162 Å². The lowest BCUT2D eigenvalue weighted by Gasteiger charge is -2.24. The summed E-state index contributed by atoms with van der Waals surface area (Å²) in [4.78, 5) is 34.7. The van der Waals surface area contributed by atoms with Gasteiger partial charge >= 0.3 is 17.6 Å². The predicted molar refractivity (Wildman–Crippen MR) is 102 cm³/mol. The highest BCUT2D eigenvalue weighted by Gasteiger charge is 2.57. The number of aromatic amines is 1. The molecule has 0 radical (unpaired) electrons. The van der Waals surface area contributed by atoms with Crippen molar-refractivity contribution in [3.63, 3.8) is 0 Å². The van der Waals surface area contributed by atoms with E-state index in [4.69, 9.17) is 10.2 Å². The molecule has 2 heterocycles. The Morgan fingerprint density at radius 3 is 2.33 bits per heavy atom. The molecule has 0 spiro atoms. The van der Waals surface area contributed by atoms with Crippen LogP contribution < -0.4 is 11.2 Å². The molecule has 1 aromatic carbocycles. The number of aliphatic hydroxyl groups excluding tert-OH is 3. The molecule has 164 valence electrons. The number of alkyl halides is 1. The van der Waals surface area contributed by atoms with Crippen molar-refractivity contribution in [3.8, 4) is 0 Å². The van der Waals surface area contributed by atoms with Crippen LogP contribution in [0.5, 0.6) is 0 Å². The van der Waals surface area contributed by atoms with Crippen molar-refractivity contribution in [1.82, 2.24) is 9.55 Å². The molecule has 1 aromatic heterocycles. The third-order valence-corrected chi connectivity index (χ3v) is 5.01. The first kappa shape index (κ1) is 23.4. The molecular formula is C19H23FN2O8. The number of benzene rings is 1. The summed E-state index contributed by atoms with van der Waals surface area (Å²) in [5.41, 5.74) is 1.58. The van der Waals surface area contributed by atoms with E-state index in [1.807, 2.05) is 26.8 Å². The van der Waals surface area contributed by atoms with Crippen molar-refractivity contribution in [2.45, 2.75) is 45.1 Å². The van der Waals surface area contributed by atoms with E-state index in [-0.39, 0.29) is 0 Å². The molecule has 4 atom stereocenters. The van der Waals surface area contributed by atoms with Crippen LogP contribution in [-0.4, -0.2) is 60.9 Å². The number of carbonyl (C=O) groups is 1. The van der Waals surface area contributed by atoms with Gasteiger partial charge in [0.1, 0.15) is 12.2 Å². The minimum absolute atomic E-state index is 0.304. The van der Waals surface area contributed by atoms with Gasteiger partial charge in [-0.05, 0) is 43.5 Å². The third-order valence-electron chi connectivity index (χ3n) is 5.01. The quantitative estimate of drug-likeness (QED) is 0.440. The minimum Gasteiger partial charge on any atom is -0.478 e. The van der Waals surface area contributed by atoms with Crippen LogP contribution in [-0.2, 0) is 10.7 Å². The molecule has 0 bridgehead atoms. The Labute approximate surface area is 169 Å². The Morgan fingerprint density at radius 2 is 1.83 bits per heavy atom. The number of hydrogen-bond donors (Lipinski definition) is 5. The van der Waals surface area contributed by atoms with Crippen LogP contribution in [0.15, 0.2) is 34.0 Å². The molecule has 2 aromatic rings. The van der Waals surface area contributed by atoms with Gasteiger partial charge in [-0.15, -0.1) is 0 Å². The monoisotopic (exact) mass is 426 g/mol. The minimum atomic E-state index is -3.05. The zero-order valence-electron chi connectivity index (χ0n) is 16.5. The van der Waals surface area contributed by atoms with Crippen LogP contribution in [0.3, 0.4) is 0 Å². The summed E-state index contributed by atoms with van der Waals surface area (Å²) in [7, 11) is 0. The number of aliphatic hydroxyl groups is 3. The van der Waals surface area contributed by atoms with Gasteiger partial charge < -0.3 is 25.2 Å². The summed E-state index contributed by atoms with van der Waals surface area (Å²) >= 11 is 0. The van der Waals surface area contributed by atoms with E-state index in [1.54, 1.807) is 11.1 Å². The number of aromatic carboxylic acids is 1. The number of ether oxygens (including phenoxy) is 1. The summed E-state index contributed by atoms with van der Waals surface area (Å²) < 4.78 is 19.4. The maximum absolute atomic E-state index is 14.4. The van der Waals surface area contributed by atoms with Crippen LogP contribution in [0.25, 0.3) is 0 Å². The Balaban J connectivity index is 0.000000232. The SMILES string of the molecule is Cc1ccc(C(=O)O)c(C)c1C.O=c1ccn([C@]2(F)O[C@H](CO)[C@@H](O)[C@H]2O)c(=O)[nH]1. The van der Waals surface area contributed by atoms with E-state index in [0.29, 0.717) is 10.1 Å². The summed E-state index contributed by atoms with van der Waals surface area (Å²) in [5.74, 6) is -3.90. The lowest BCUT2D eigenvalue weighted by atomic mass is 9.99. The summed E-state index contributed by atoms with van der Waals surface area (Å²) in [6.07, 6.45) is -4.35. The van der Waals surface area contributed by atoms with Gasteiger partial charge in [-0.25, -0.2) is 14.2 Å². The van der Waals surface area contributed by atoms with Crippen molar-refractivity contribution in [2.75, 3.05) is 6.61 Å². The second-order valence-electron chi connectivity index (χ2n) is 6.85. The highest BCUT2D eigenvalue weighted by atomic mass is 19.2. The molecule has 0 saturated carbocycles. The molecule has 0 amide bonds. The first-order valence-corrected chi connectivity index (χ1v) is 8.90. The maximum atomic E-state index is 14.4.